The summed E-state index contributed by atoms with van der Waals surface area (Å²) >= 11 is 0. The van der Waals surface area contributed by atoms with Crippen LogP contribution in [-0.2, 0) is 19.1 Å². The molecular weight excluding hydrogens is 338 g/mol. The first-order valence-electron chi connectivity index (χ1n) is 8.48. The zero-order valence-corrected chi connectivity index (χ0v) is 15.1. The van der Waals surface area contributed by atoms with Crippen LogP contribution >= 0.6 is 0 Å². The highest BCUT2D eigenvalue weighted by Gasteiger charge is 2.37. The average molecular weight is 361 g/mol. The van der Waals surface area contributed by atoms with E-state index in [0.717, 1.165) is 11.3 Å². The first-order chi connectivity index (χ1) is 12.3. The van der Waals surface area contributed by atoms with Gasteiger partial charge < -0.3 is 15.0 Å². The van der Waals surface area contributed by atoms with E-state index < -0.39 is 29.9 Å². The molecule has 1 aromatic rings. The van der Waals surface area contributed by atoms with Crippen LogP contribution in [0.5, 0.6) is 0 Å². The quantitative estimate of drug-likeness (QED) is 0.765. The number of hydrogen-bond donors (Lipinski definition) is 2. The van der Waals surface area contributed by atoms with Crippen LogP contribution < -0.4 is 15.5 Å². The molecule has 1 aliphatic heterocycles. The molecule has 0 aromatic heterocycles. The lowest BCUT2D eigenvalue weighted by molar-refractivity contribution is -0.158. The fourth-order valence-corrected chi connectivity index (χ4v) is 2.58. The molecule has 4 amide bonds. The van der Waals surface area contributed by atoms with Gasteiger partial charge in [0, 0.05) is 25.2 Å². The summed E-state index contributed by atoms with van der Waals surface area (Å²) in [7, 11) is 0. The van der Waals surface area contributed by atoms with Crippen LogP contribution in [0.3, 0.4) is 0 Å². The molecule has 0 aliphatic carbocycles. The highest BCUT2D eigenvalue weighted by molar-refractivity contribution is 6.00. The number of imide groups is 1. The summed E-state index contributed by atoms with van der Waals surface area (Å²) in [5.41, 5.74) is 1.79. The van der Waals surface area contributed by atoms with Gasteiger partial charge in [-0.1, -0.05) is 17.7 Å². The van der Waals surface area contributed by atoms with Gasteiger partial charge >= 0.3 is 12.0 Å². The molecular formula is C18H23N3O5. The van der Waals surface area contributed by atoms with Crippen molar-refractivity contribution in [3.63, 3.8) is 0 Å². The van der Waals surface area contributed by atoms with Gasteiger partial charge in [0.05, 0.1) is 5.92 Å². The summed E-state index contributed by atoms with van der Waals surface area (Å²) in [4.78, 5) is 49.2. The Bertz CT molecular complexity index is 701. The molecule has 1 fully saturated rings. The van der Waals surface area contributed by atoms with Gasteiger partial charge in [0.15, 0.2) is 6.10 Å². The van der Waals surface area contributed by atoms with Gasteiger partial charge in [-0.2, -0.15) is 0 Å². The van der Waals surface area contributed by atoms with E-state index in [1.807, 2.05) is 31.2 Å². The molecule has 1 aromatic carbocycles. The zero-order valence-electron chi connectivity index (χ0n) is 15.1. The number of benzene rings is 1. The molecule has 2 rings (SSSR count). The predicted octanol–water partition coefficient (Wildman–Crippen LogP) is 1.13. The molecule has 0 saturated carbocycles. The van der Waals surface area contributed by atoms with Gasteiger partial charge in [0.25, 0.3) is 5.91 Å². The second-order valence-corrected chi connectivity index (χ2v) is 6.17. The molecule has 1 saturated heterocycles. The molecule has 2 atom stereocenters. The van der Waals surface area contributed by atoms with Gasteiger partial charge in [-0.05, 0) is 32.9 Å². The van der Waals surface area contributed by atoms with E-state index in [0.29, 0.717) is 6.54 Å². The number of urea groups is 1. The largest absolute Gasteiger partial charge is 0.452 e. The molecule has 0 unspecified atom stereocenters. The predicted molar refractivity (Wildman–Crippen MR) is 94.4 cm³/mol. The number of nitrogens with zero attached hydrogens (tertiary/aromatic N) is 1. The summed E-state index contributed by atoms with van der Waals surface area (Å²) in [5.74, 6) is -2.17. The van der Waals surface area contributed by atoms with Crippen molar-refractivity contribution in [2.45, 2.75) is 33.3 Å². The lowest BCUT2D eigenvalue weighted by Gasteiger charge is -2.18. The molecule has 2 N–H and O–H groups in total. The van der Waals surface area contributed by atoms with Gasteiger partial charge in [-0.3, -0.25) is 19.7 Å². The molecule has 0 spiro atoms. The van der Waals surface area contributed by atoms with Crippen molar-refractivity contribution >= 4 is 29.5 Å². The Balaban J connectivity index is 1.92. The van der Waals surface area contributed by atoms with Crippen LogP contribution in [0.2, 0.25) is 0 Å². The molecule has 26 heavy (non-hydrogen) atoms. The fraction of sp³-hybridized carbons (Fsp3) is 0.444. The maximum absolute atomic E-state index is 12.3. The van der Waals surface area contributed by atoms with E-state index in [2.05, 4.69) is 10.6 Å². The normalized spacial score (nSPS) is 17.6. The third-order valence-electron chi connectivity index (χ3n) is 4.04. The summed E-state index contributed by atoms with van der Waals surface area (Å²) in [6.45, 7) is 5.60. The Hall–Kier alpha value is -2.90. The molecule has 8 nitrogen and oxygen atoms in total. The van der Waals surface area contributed by atoms with Crippen LogP contribution in [0.15, 0.2) is 24.3 Å². The standard InChI is InChI=1S/C18H23N3O5/c1-4-19-18(25)20-16(23)12(3)26-17(24)13-9-15(22)21(10-13)14-7-5-11(2)6-8-14/h5-8,12-13H,4,9-10H2,1-3H3,(H2,19,20,23,25)/t12-,13+/m1/s1. The van der Waals surface area contributed by atoms with Crippen molar-refractivity contribution < 1.29 is 23.9 Å². The third-order valence-corrected chi connectivity index (χ3v) is 4.04. The van der Waals surface area contributed by atoms with E-state index >= 15 is 0 Å². The van der Waals surface area contributed by atoms with E-state index in [-0.39, 0.29) is 18.9 Å². The van der Waals surface area contributed by atoms with E-state index in [1.165, 1.54) is 11.8 Å². The minimum Gasteiger partial charge on any atom is -0.452 e. The number of nitrogens with one attached hydrogen (secondary N) is 2. The number of carbonyl (C=O) groups excluding carboxylic acids is 4. The van der Waals surface area contributed by atoms with E-state index in [4.69, 9.17) is 4.74 Å². The number of rotatable bonds is 5. The topological polar surface area (TPSA) is 105 Å². The van der Waals surface area contributed by atoms with Crippen LogP contribution in [0.25, 0.3) is 0 Å². The lowest BCUT2D eigenvalue weighted by atomic mass is 10.1. The van der Waals surface area contributed by atoms with Crippen molar-refractivity contribution in [1.29, 1.82) is 0 Å². The molecule has 140 valence electrons. The number of aryl methyl sites for hydroxylation is 1. The van der Waals surface area contributed by atoms with Gasteiger partial charge in [0.2, 0.25) is 5.91 Å². The molecule has 0 radical (unpaired) electrons. The van der Waals surface area contributed by atoms with Crippen LogP contribution in [-0.4, -0.2) is 43.0 Å². The number of hydrogen-bond acceptors (Lipinski definition) is 5. The van der Waals surface area contributed by atoms with Crippen LogP contribution in [0.1, 0.15) is 25.8 Å². The average Bonchev–Trinajstić information content (AvgIpc) is 2.97. The maximum Gasteiger partial charge on any atom is 0.321 e. The number of carbonyl (C=O) groups is 4. The summed E-state index contributed by atoms with van der Waals surface area (Å²) in [6, 6.07) is 6.78. The Morgan fingerprint density at radius 2 is 1.92 bits per heavy atom. The Labute approximate surface area is 151 Å². The summed E-state index contributed by atoms with van der Waals surface area (Å²) < 4.78 is 5.12. The summed E-state index contributed by atoms with van der Waals surface area (Å²) in [5, 5.41) is 4.49. The van der Waals surface area contributed by atoms with Crippen molar-refractivity contribution in [1.82, 2.24) is 10.6 Å². The minimum atomic E-state index is -1.13. The number of esters is 1. The van der Waals surface area contributed by atoms with Gasteiger partial charge in [-0.15, -0.1) is 0 Å². The Kier molecular flexibility index (Phi) is 6.32. The number of anilines is 1. The second kappa shape index (κ2) is 8.46. The highest BCUT2D eigenvalue weighted by Crippen LogP contribution is 2.26. The number of ether oxygens (including phenoxy) is 1. The van der Waals surface area contributed by atoms with Crippen molar-refractivity contribution in [3.05, 3.63) is 29.8 Å². The summed E-state index contributed by atoms with van der Waals surface area (Å²) in [6.07, 6.45) is -1.11. The smallest absolute Gasteiger partial charge is 0.321 e. The fourth-order valence-electron chi connectivity index (χ4n) is 2.58. The Morgan fingerprint density at radius 3 is 2.54 bits per heavy atom. The second-order valence-electron chi connectivity index (χ2n) is 6.17. The van der Waals surface area contributed by atoms with E-state index in [9.17, 15) is 19.2 Å². The first-order valence-corrected chi connectivity index (χ1v) is 8.48. The Morgan fingerprint density at radius 1 is 1.27 bits per heavy atom. The lowest BCUT2D eigenvalue weighted by Crippen LogP contribution is -2.45. The first kappa shape index (κ1) is 19.4. The van der Waals surface area contributed by atoms with Crippen LogP contribution in [0.4, 0.5) is 10.5 Å². The molecule has 8 heteroatoms. The molecule has 1 aliphatic rings. The zero-order chi connectivity index (χ0) is 19.3. The SMILES string of the molecule is CCNC(=O)NC(=O)[C@@H](C)OC(=O)[C@H]1CC(=O)N(c2ccc(C)cc2)C1. The molecule has 0 bridgehead atoms. The van der Waals surface area contributed by atoms with Crippen molar-refractivity contribution in [3.8, 4) is 0 Å². The minimum absolute atomic E-state index is 0.0252. The monoisotopic (exact) mass is 361 g/mol. The van der Waals surface area contributed by atoms with E-state index in [1.54, 1.807) is 6.92 Å². The number of amides is 4. The van der Waals surface area contributed by atoms with Gasteiger partial charge in [-0.25, -0.2) is 4.79 Å². The third kappa shape index (κ3) is 4.81. The van der Waals surface area contributed by atoms with Crippen molar-refractivity contribution in [2.24, 2.45) is 5.92 Å². The molecule has 1 heterocycles. The van der Waals surface area contributed by atoms with Crippen LogP contribution in [0, 0.1) is 12.8 Å². The maximum atomic E-state index is 12.3. The highest BCUT2D eigenvalue weighted by atomic mass is 16.5. The van der Waals surface area contributed by atoms with Gasteiger partial charge in [0.1, 0.15) is 0 Å². The van der Waals surface area contributed by atoms with Crippen molar-refractivity contribution in [2.75, 3.05) is 18.0 Å².